The van der Waals surface area contributed by atoms with Crippen LogP contribution in [0.5, 0.6) is 0 Å². The Morgan fingerprint density at radius 3 is 2.09 bits per heavy atom. The molecule has 5 rings (SSSR count). The zero-order valence-corrected chi connectivity index (χ0v) is 19.2. The highest BCUT2D eigenvalue weighted by molar-refractivity contribution is 5.91. The van der Waals surface area contributed by atoms with Crippen LogP contribution >= 0.6 is 0 Å². The quantitative estimate of drug-likeness (QED) is 0.470. The van der Waals surface area contributed by atoms with Gasteiger partial charge in [0, 0.05) is 13.1 Å². The van der Waals surface area contributed by atoms with Gasteiger partial charge in [0.25, 0.3) is 0 Å². The summed E-state index contributed by atoms with van der Waals surface area (Å²) >= 11 is 0. The van der Waals surface area contributed by atoms with Gasteiger partial charge in [-0.25, -0.2) is 9.18 Å². The number of likely N-dealkylation sites (tertiary alicyclic amines) is 2. The van der Waals surface area contributed by atoms with Gasteiger partial charge < -0.3 is 10.0 Å². The van der Waals surface area contributed by atoms with Crippen LogP contribution < -0.4 is 0 Å². The molecule has 2 saturated heterocycles. The molecule has 188 valence electrons. The maximum Gasteiger partial charge on any atom is 0.490 e. The van der Waals surface area contributed by atoms with E-state index in [0.29, 0.717) is 11.8 Å². The third kappa shape index (κ3) is 5.66. The fourth-order valence-electron chi connectivity index (χ4n) is 5.10. The Balaban J connectivity index is 0.000000364. The number of hydrogen-bond donors (Lipinski definition) is 1. The second-order valence-corrected chi connectivity index (χ2v) is 9.58. The van der Waals surface area contributed by atoms with Crippen LogP contribution in [0.2, 0.25) is 0 Å². The van der Waals surface area contributed by atoms with Crippen LogP contribution in [0.1, 0.15) is 42.9 Å². The summed E-state index contributed by atoms with van der Waals surface area (Å²) in [5.41, 5.74) is 2.19. The van der Waals surface area contributed by atoms with Gasteiger partial charge in [0.2, 0.25) is 5.91 Å². The van der Waals surface area contributed by atoms with E-state index >= 15 is 0 Å². The molecule has 2 heterocycles. The maximum absolute atomic E-state index is 13.3. The lowest BCUT2D eigenvalue weighted by Crippen LogP contribution is -2.66. The highest BCUT2D eigenvalue weighted by Gasteiger charge is 2.61. The number of piperidine rings is 1. The Kier molecular flexibility index (Phi) is 7.17. The van der Waals surface area contributed by atoms with Gasteiger partial charge in [-0.1, -0.05) is 42.5 Å². The molecule has 3 aliphatic rings. The molecule has 2 aromatic carbocycles. The number of halogens is 4. The van der Waals surface area contributed by atoms with E-state index in [1.807, 2.05) is 18.2 Å². The summed E-state index contributed by atoms with van der Waals surface area (Å²) in [4.78, 5) is 26.7. The van der Waals surface area contributed by atoms with Gasteiger partial charge in [-0.2, -0.15) is 13.2 Å². The molecule has 0 bridgehead atoms. The third-order valence-corrected chi connectivity index (χ3v) is 7.10. The van der Waals surface area contributed by atoms with Crippen molar-refractivity contribution in [2.75, 3.05) is 19.6 Å². The molecule has 9 heteroatoms. The summed E-state index contributed by atoms with van der Waals surface area (Å²) in [5, 5.41) is 7.12. The van der Waals surface area contributed by atoms with Gasteiger partial charge in [0.1, 0.15) is 5.82 Å². The van der Waals surface area contributed by atoms with Crippen LogP contribution in [0, 0.1) is 17.2 Å². The van der Waals surface area contributed by atoms with Gasteiger partial charge in [0.15, 0.2) is 0 Å². The lowest BCUT2D eigenvalue weighted by Gasteiger charge is -2.59. The number of aliphatic carboxylic acids is 1. The first-order chi connectivity index (χ1) is 16.6. The topological polar surface area (TPSA) is 60.9 Å². The van der Waals surface area contributed by atoms with Crippen molar-refractivity contribution in [3.05, 3.63) is 71.5 Å². The molecular weight excluding hydrogens is 464 g/mol. The van der Waals surface area contributed by atoms with Crippen molar-refractivity contribution in [2.45, 2.75) is 44.4 Å². The minimum atomic E-state index is -5.08. The fourth-order valence-corrected chi connectivity index (χ4v) is 5.10. The first kappa shape index (κ1) is 25.2. The minimum absolute atomic E-state index is 0.192. The average Bonchev–Trinajstić information content (AvgIpc) is 3.66. The molecule has 2 aromatic rings. The molecule has 1 aliphatic carbocycles. The van der Waals surface area contributed by atoms with E-state index in [-0.39, 0.29) is 17.3 Å². The smallest absolute Gasteiger partial charge is 0.475 e. The summed E-state index contributed by atoms with van der Waals surface area (Å²) in [7, 11) is 0. The molecule has 0 radical (unpaired) electrons. The van der Waals surface area contributed by atoms with Crippen LogP contribution in [0.15, 0.2) is 54.6 Å². The number of rotatable bonds is 5. The van der Waals surface area contributed by atoms with E-state index in [4.69, 9.17) is 9.90 Å². The molecule has 5 nitrogen and oxygen atoms in total. The first-order valence-corrected chi connectivity index (χ1v) is 11.7. The van der Waals surface area contributed by atoms with Gasteiger partial charge in [0.05, 0.1) is 11.5 Å². The number of benzene rings is 2. The van der Waals surface area contributed by atoms with Crippen molar-refractivity contribution in [3.63, 3.8) is 0 Å². The Morgan fingerprint density at radius 2 is 1.57 bits per heavy atom. The van der Waals surface area contributed by atoms with Gasteiger partial charge >= 0.3 is 12.1 Å². The largest absolute Gasteiger partial charge is 0.490 e. The number of carboxylic acids is 1. The number of β-lactam (4-membered cyclic amide) rings is 1. The van der Waals surface area contributed by atoms with Crippen LogP contribution in [0.3, 0.4) is 0 Å². The van der Waals surface area contributed by atoms with Crippen LogP contribution in [-0.2, 0) is 16.1 Å². The van der Waals surface area contributed by atoms with Gasteiger partial charge in [-0.15, -0.1) is 0 Å². The van der Waals surface area contributed by atoms with E-state index in [2.05, 4.69) is 34.1 Å². The lowest BCUT2D eigenvalue weighted by molar-refractivity contribution is -0.192. The standard InChI is InChI=1S/C24H27FN2O.C2HF3O2/c25-21-10-8-18(9-11-21)16-26-14-12-24(13-15-26)22(20-4-2-1-3-5-20)27(23(24)28)17-19-6-7-19;3-2(4,5)1(6)7/h1-5,8-11,19,22H,6-7,12-17H2;(H,6,7). The molecule has 35 heavy (non-hydrogen) atoms. The molecule has 3 fully saturated rings. The first-order valence-electron chi connectivity index (χ1n) is 11.7. The number of carboxylic acid groups (broad SMARTS) is 1. The van der Waals surface area contributed by atoms with Gasteiger partial charge in [-0.3, -0.25) is 9.69 Å². The molecule has 2 aliphatic heterocycles. The molecule has 1 amide bonds. The maximum atomic E-state index is 13.3. The van der Waals surface area contributed by atoms with Crippen LogP contribution in [0.25, 0.3) is 0 Å². The fraction of sp³-hybridized carbons (Fsp3) is 0.462. The number of alkyl halides is 3. The Bertz CT molecular complexity index is 1030. The zero-order valence-electron chi connectivity index (χ0n) is 19.2. The van der Waals surface area contributed by atoms with Crippen molar-refractivity contribution >= 4 is 11.9 Å². The monoisotopic (exact) mass is 492 g/mol. The predicted octanol–water partition coefficient (Wildman–Crippen LogP) is 5.03. The Morgan fingerprint density at radius 1 is 1.00 bits per heavy atom. The summed E-state index contributed by atoms with van der Waals surface area (Å²) in [5.74, 6) is -1.86. The van der Waals surface area contributed by atoms with E-state index in [1.165, 1.54) is 30.5 Å². The SMILES string of the molecule is O=C(O)C(F)(F)F.O=C1N(CC2CC2)C(c2ccccc2)C12CCN(Cc1ccc(F)cc1)CC2. The summed E-state index contributed by atoms with van der Waals surface area (Å²) in [6.07, 6.45) is -0.727. The second-order valence-electron chi connectivity index (χ2n) is 9.58. The van der Waals surface area contributed by atoms with Crippen molar-refractivity contribution < 1.29 is 32.3 Å². The number of hydrogen-bond acceptors (Lipinski definition) is 3. The summed E-state index contributed by atoms with van der Waals surface area (Å²) in [6.45, 7) is 3.60. The van der Waals surface area contributed by atoms with Gasteiger partial charge in [-0.05, 0) is 68.0 Å². The highest BCUT2D eigenvalue weighted by atomic mass is 19.4. The highest BCUT2D eigenvalue weighted by Crippen LogP contribution is 2.57. The van der Waals surface area contributed by atoms with E-state index in [1.54, 1.807) is 0 Å². The van der Waals surface area contributed by atoms with E-state index in [9.17, 15) is 22.4 Å². The molecule has 1 saturated carbocycles. The summed E-state index contributed by atoms with van der Waals surface area (Å²) < 4.78 is 44.9. The molecule has 1 spiro atoms. The Hall–Kier alpha value is -2.94. The average molecular weight is 493 g/mol. The normalized spacial score (nSPS) is 21.8. The number of carbonyl (C=O) groups excluding carboxylic acids is 1. The zero-order chi connectivity index (χ0) is 25.2. The molecule has 1 N–H and O–H groups in total. The van der Waals surface area contributed by atoms with E-state index < -0.39 is 12.1 Å². The number of nitrogens with zero attached hydrogens (tertiary/aromatic N) is 2. The van der Waals surface area contributed by atoms with Crippen LogP contribution in [0.4, 0.5) is 17.6 Å². The number of amides is 1. The van der Waals surface area contributed by atoms with E-state index in [0.717, 1.165) is 44.6 Å². The Labute approximate surface area is 201 Å². The molecule has 1 atom stereocenters. The van der Waals surface area contributed by atoms with Crippen molar-refractivity contribution in [1.82, 2.24) is 9.80 Å². The molecule has 1 unspecified atom stereocenters. The second kappa shape index (κ2) is 9.97. The lowest BCUT2D eigenvalue weighted by atomic mass is 9.62. The predicted molar refractivity (Wildman–Crippen MR) is 121 cm³/mol. The number of carbonyl (C=O) groups is 2. The molecule has 0 aromatic heterocycles. The van der Waals surface area contributed by atoms with Crippen molar-refractivity contribution in [3.8, 4) is 0 Å². The summed E-state index contributed by atoms with van der Waals surface area (Å²) in [6, 6.07) is 17.6. The molecular formula is C26H28F4N2O3. The van der Waals surface area contributed by atoms with Crippen LogP contribution in [-0.4, -0.2) is 52.6 Å². The third-order valence-electron chi connectivity index (χ3n) is 7.10. The van der Waals surface area contributed by atoms with Crippen molar-refractivity contribution in [1.29, 1.82) is 0 Å². The minimum Gasteiger partial charge on any atom is -0.475 e. The van der Waals surface area contributed by atoms with Crippen molar-refractivity contribution in [2.24, 2.45) is 11.3 Å².